The Balaban J connectivity index is 1.45. The number of aryl methyl sites for hydroxylation is 1. The number of hydrogen-bond acceptors (Lipinski definition) is 3. The van der Waals surface area contributed by atoms with Crippen molar-refractivity contribution in [2.24, 2.45) is 11.8 Å². The average molecular weight is 402 g/mol. The van der Waals surface area contributed by atoms with Crippen molar-refractivity contribution >= 4 is 0 Å². The molecule has 0 bridgehead atoms. The summed E-state index contributed by atoms with van der Waals surface area (Å²) in [6, 6.07) is 19.3. The second kappa shape index (κ2) is 7.84. The molecule has 0 radical (unpaired) electrons. The molecule has 30 heavy (non-hydrogen) atoms. The SMILES string of the molecule is N#Cc1ccc2c(c1)CC[C@@H]1C[C@@](O)(COCC3CC3)CC[C@@]21Cc1ccccc1. The topological polar surface area (TPSA) is 53.2 Å². The summed E-state index contributed by atoms with van der Waals surface area (Å²) in [4.78, 5) is 0. The first-order valence-electron chi connectivity index (χ1n) is 11.5. The Bertz CT molecular complexity index is 945. The summed E-state index contributed by atoms with van der Waals surface area (Å²) in [7, 11) is 0. The molecule has 2 saturated carbocycles. The lowest BCUT2D eigenvalue weighted by Crippen LogP contribution is -2.53. The Morgan fingerprint density at radius 1 is 1.07 bits per heavy atom. The summed E-state index contributed by atoms with van der Waals surface area (Å²) < 4.78 is 5.94. The Hall–Kier alpha value is -2.15. The quantitative estimate of drug-likeness (QED) is 0.746. The van der Waals surface area contributed by atoms with Gasteiger partial charge in [0.25, 0.3) is 0 Å². The van der Waals surface area contributed by atoms with E-state index in [0.29, 0.717) is 12.5 Å². The molecule has 3 nitrogen and oxygen atoms in total. The minimum Gasteiger partial charge on any atom is -0.387 e. The summed E-state index contributed by atoms with van der Waals surface area (Å²) in [6.45, 7) is 1.28. The average Bonchev–Trinajstić information content (AvgIpc) is 3.59. The first kappa shape index (κ1) is 19.8. The predicted octanol–water partition coefficient (Wildman–Crippen LogP) is 4.94. The van der Waals surface area contributed by atoms with Crippen molar-refractivity contribution in [3.05, 3.63) is 70.8 Å². The van der Waals surface area contributed by atoms with Gasteiger partial charge in [0.05, 0.1) is 23.8 Å². The maximum absolute atomic E-state index is 11.4. The number of nitriles is 1. The fourth-order valence-corrected chi connectivity index (χ4v) is 5.95. The van der Waals surface area contributed by atoms with E-state index in [1.165, 1.54) is 29.5 Å². The zero-order valence-corrected chi connectivity index (χ0v) is 17.6. The Labute approximate surface area is 179 Å². The molecule has 3 aliphatic carbocycles. The number of hydrogen-bond donors (Lipinski definition) is 1. The van der Waals surface area contributed by atoms with Gasteiger partial charge in [-0.25, -0.2) is 0 Å². The highest BCUT2D eigenvalue weighted by Crippen LogP contribution is 2.54. The van der Waals surface area contributed by atoms with Crippen LogP contribution in [0.4, 0.5) is 0 Å². The maximum Gasteiger partial charge on any atom is 0.0991 e. The highest BCUT2D eigenvalue weighted by molar-refractivity contribution is 5.46. The summed E-state index contributed by atoms with van der Waals surface area (Å²) >= 11 is 0. The molecule has 156 valence electrons. The van der Waals surface area contributed by atoms with Gasteiger partial charge in [0.2, 0.25) is 0 Å². The van der Waals surface area contributed by atoms with E-state index < -0.39 is 5.60 Å². The van der Waals surface area contributed by atoms with Crippen LogP contribution in [-0.4, -0.2) is 23.9 Å². The van der Waals surface area contributed by atoms with Crippen LogP contribution in [0.3, 0.4) is 0 Å². The van der Waals surface area contributed by atoms with E-state index in [2.05, 4.69) is 48.5 Å². The molecule has 3 atom stereocenters. The molecule has 3 aliphatic rings. The van der Waals surface area contributed by atoms with Gasteiger partial charge in [-0.15, -0.1) is 0 Å². The Morgan fingerprint density at radius 3 is 2.67 bits per heavy atom. The third kappa shape index (κ3) is 3.80. The molecular formula is C27H31NO2. The molecule has 0 spiro atoms. The van der Waals surface area contributed by atoms with Crippen molar-refractivity contribution < 1.29 is 9.84 Å². The van der Waals surface area contributed by atoms with E-state index in [9.17, 15) is 10.4 Å². The first-order chi connectivity index (χ1) is 14.6. The maximum atomic E-state index is 11.4. The second-order valence-electron chi connectivity index (χ2n) is 9.92. The van der Waals surface area contributed by atoms with Crippen molar-refractivity contribution in [1.29, 1.82) is 5.26 Å². The molecule has 1 N–H and O–H groups in total. The van der Waals surface area contributed by atoms with E-state index >= 15 is 0 Å². The minimum absolute atomic E-state index is 0.0334. The van der Waals surface area contributed by atoms with E-state index in [1.54, 1.807) is 0 Å². The van der Waals surface area contributed by atoms with Crippen LogP contribution in [-0.2, 0) is 23.0 Å². The zero-order chi connectivity index (χ0) is 20.6. The molecule has 0 unspecified atom stereocenters. The molecule has 0 aliphatic heterocycles. The fraction of sp³-hybridized carbons (Fsp3) is 0.519. The van der Waals surface area contributed by atoms with Crippen LogP contribution < -0.4 is 0 Å². The minimum atomic E-state index is -0.705. The molecule has 0 amide bonds. The lowest BCUT2D eigenvalue weighted by atomic mass is 9.52. The smallest absolute Gasteiger partial charge is 0.0991 e. The number of ether oxygens (including phenoxy) is 1. The van der Waals surface area contributed by atoms with Crippen molar-refractivity contribution in [3.8, 4) is 6.07 Å². The molecule has 2 aromatic rings. The highest BCUT2D eigenvalue weighted by atomic mass is 16.5. The Kier molecular flexibility index (Phi) is 5.17. The number of benzene rings is 2. The summed E-state index contributed by atoms with van der Waals surface area (Å²) in [5.41, 5.74) is 4.17. The Morgan fingerprint density at radius 2 is 1.90 bits per heavy atom. The third-order valence-electron chi connectivity index (χ3n) is 7.76. The lowest BCUT2D eigenvalue weighted by molar-refractivity contribution is -0.102. The molecule has 2 aromatic carbocycles. The summed E-state index contributed by atoms with van der Waals surface area (Å²) in [5, 5.41) is 20.8. The van der Waals surface area contributed by atoms with Crippen molar-refractivity contribution in [2.75, 3.05) is 13.2 Å². The van der Waals surface area contributed by atoms with Crippen molar-refractivity contribution in [1.82, 2.24) is 0 Å². The molecule has 3 heteroatoms. The third-order valence-corrected chi connectivity index (χ3v) is 7.76. The van der Waals surface area contributed by atoms with E-state index in [0.717, 1.165) is 56.6 Å². The normalized spacial score (nSPS) is 30.2. The lowest BCUT2D eigenvalue weighted by Gasteiger charge is -2.53. The van der Waals surface area contributed by atoms with Crippen LogP contribution in [0, 0.1) is 23.2 Å². The van der Waals surface area contributed by atoms with Gasteiger partial charge < -0.3 is 9.84 Å². The van der Waals surface area contributed by atoms with E-state index in [4.69, 9.17) is 4.74 Å². The van der Waals surface area contributed by atoms with Crippen molar-refractivity contribution in [3.63, 3.8) is 0 Å². The van der Waals surface area contributed by atoms with Crippen LogP contribution in [0.1, 0.15) is 60.8 Å². The van der Waals surface area contributed by atoms with Crippen LogP contribution >= 0.6 is 0 Å². The standard InChI is InChI=1S/C27H31NO2/c28-17-22-8-11-25-23(14-22)9-10-24-16-26(29,19-30-18-21-6-7-21)12-13-27(24,25)15-20-4-2-1-3-5-20/h1-5,8,11,14,21,24,29H,6-7,9-10,12-13,15-16,18-19H2/t24-,26-,27+/m1/s1. The molecular weight excluding hydrogens is 370 g/mol. The molecule has 5 rings (SSSR count). The number of nitrogens with zero attached hydrogens (tertiary/aromatic N) is 1. The van der Waals surface area contributed by atoms with Crippen LogP contribution in [0.15, 0.2) is 48.5 Å². The number of aliphatic hydroxyl groups is 1. The van der Waals surface area contributed by atoms with E-state index in [1.807, 2.05) is 6.07 Å². The zero-order valence-electron chi connectivity index (χ0n) is 17.6. The van der Waals surface area contributed by atoms with Gasteiger partial charge in [-0.05, 0) is 92.0 Å². The van der Waals surface area contributed by atoms with Gasteiger partial charge in [0, 0.05) is 12.0 Å². The predicted molar refractivity (Wildman–Crippen MR) is 117 cm³/mol. The molecule has 0 aromatic heterocycles. The van der Waals surface area contributed by atoms with Gasteiger partial charge in [-0.2, -0.15) is 5.26 Å². The monoisotopic (exact) mass is 401 g/mol. The molecule has 0 saturated heterocycles. The highest BCUT2D eigenvalue weighted by Gasteiger charge is 2.51. The van der Waals surface area contributed by atoms with Crippen molar-refractivity contribution in [2.45, 2.75) is 62.4 Å². The van der Waals surface area contributed by atoms with Crippen LogP contribution in [0.5, 0.6) is 0 Å². The van der Waals surface area contributed by atoms with Crippen LogP contribution in [0.25, 0.3) is 0 Å². The number of fused-ring (bicyclic) bond motifs is 3. The summed E-state index contributed by atoms with van der Waals surface area (Å²) in [5.74, 6) is 1.16. The molecule has 0 heterocycles. The largest absolute Gasteiger partial charge is 0.387 e. The first-order valence-corrected chi connectivity index (χ1v) is 11.5. The van der Waals surface area contributed by atoms with E-state index in [-0.39, 0.29) is 5.41 Å². The van der Waals surface area contributed by atoms with Gasteiger partial charge in [-0.1, -0.05) is 36.4 Å². The van der Waals surface area contributed by atoms with Gasteiger partial charge in [0.1, 0.15) is 0 Å². The summed E-state index contributed by atoms with van der Waals surface area (Å²) in [6.07, 6.45) is 8.17. The second-order valence-corrected chi connectivity index (χ2v) is 9.92. The number of rotatable bonds is 6. The fourth-order valence-electron chi connectivity index (χ4n) is 5.95. The molecule has 2 fully saturated rings. The van der Waals surface area contributed by atoms with Gasteiger partial charge in [0.15, 0.2) is 0 Å². The van der Waals surface area contributed by atoms with Crippen LogP contribution in [0.2, 0.25) is 0 Å². The van der Waals surface area contributed by atoms with Gasteiger partial charge >= 0.3 is 0 Å². The van der Waals surface area contributed by atoms with Gasteiger partial charge in [-0.3, -0.25) is 0 Å².